The fourth-order valence-electron chi connectivity index (χ4n) is 4.84. The highest BCUT2D eigenvalue weighted by atomic mass is 16.5. The summed E-state index contributed by atoms with van der Waals surface area (Å²) in [6.07, 6.45) is 8.28. The molecule has 5 rings (SSSR count). The predicted molar refractivity (Wildman–Crippen MR) is 135 cm³/mol. The number of ketones is 4. The van der Waals surface area contributed by atoms with Crippen molar-refractivity contribution >= 4 is 35.0 Å². The zero-order valence-electron chi connectivity index (χ0n) is 20.2. The third-order valence-electron chi connectivity index (χ3n) is 6.72. The van der Waals surface area contributed by atoms with E-state index in [1.54, 1.807) is 24.3 Å². The Morgan fingerprint density at radius 2 is 1.67 bits per heavy atom. The van der Waals surface area contributed by atoms with Crippen molar-refractivity contribution in [2.45, 2.75) is 39.2 Å². The Labute approximate surface area is 208 Å². The molecular weight excluding hydrogens is 456 g/mol. The highest BCUT2D eigenvalue weighted by molar-refractivity contribution is 6.55. The quantitative estimate of drug-likeness (QED) is 0.449. The van der Waals surface area contributed by atoms with Gasteiger partial charge in [-0.25, -0.2) is 0 Å². The standard InChI is InChI=1S/C30H24O6/c1-16(2)7-6-13-30(3)14-12-19-23(36-30)11-10-20-24(19)28(34)29(35)25(27(20)33)21-15-22(31)17-8-4-5-9-18(17)26(21)32/h4-5,7-12,14-15,33H,6,13H2,1-3H3/t30-/m1/s1. The van der Waals surface area contributed by atoms with Gasteiger partial charge in [-0.3, -0.25) is 19.2 Å². The van der Waals surface area contributed by atoms with Gasteiger partial charge in [0.25, 0.3) is 0 Å². The van der Waals surface area contributed by atoms with Gasteiger partial charge in [0.1, 0.15) is 17.1 Å². The van der Waals surface area contributed by atoms with Crippen molar-refractivity contribution in [3.8, 4) is 5.75 Å². The molecule has 0 amide bonds. The van der Waals surface area contributed by atoms with Crippen molar-refractivity contribution in [2.75, 3.05) is 0 Å². The number of carbonyl (C=O) groups is 4. The van der Waals surface area contributed by atoms with E-state index < -0.39 is 40.1 Å². The summed E-state index contributed by atoms with van der Waals surface area (Å²) in [6, 6.07) is 9.40. The van der Waals surface area contributed by atoms with E-state index in [1.807, 2.05) is 26.8 Å². The molecule has 1 atom stereocenters. The van der Waals surface area contributed by atoms with E-state index in [9.17, 15) is 24.3 Å². The fraction of sp³-hybridized carbons (Fsp3) is 0.200. The zero-order valence-corrected chi connectivity index (χ0v) is 20.2. The molecule has 0 fully saturated rings. The van der Waals surface area contributed by atoms with Crippen molar-refractivity contribution in [1.29, 1.82) is 0 Å². The molecule has 180 valence electrons. The Balaban J connectivity index is 1.58. The van der Waals surface area contributed by atoms with Crippen LogP contribution in [-0.4, -0.2) is 33.8 Å². The normalized spacial score (nSPS) is 20.4. The summed E-state index contributed by atoms with van der Waals surface area (Å²) < 4.78 is 6.21. The van der Waals surface area contributed by atoms with Gasteiger partial charge in [-0.05, 0) is 57.9 Å². The van der Waals surface area contributed by atoms with Gasteiger partial charge in [-0.1, -0.05) is 42.0 Å². The van der Waals surface area contributed by atoms with Crippen molar-refractivity contribution in [2.24, 2.45) is 0 Å². The van der Waals surface area contributed by atoms with E-state index in [4.69, 9.17) is 4.74 Å². The Morgan fingerprint density at radius 1 is 0.944 bits per heavy atom. The maximum atomic E-state index is 13.3. The van der Waals surface area contributed by atoms with Gasteiger partial charge in [0.05, 0.1) is 5.57 Å². The molecule has 1 heterocycles. The minimum absolute atomic E-state index is 0.0249. The van der Waals surface area contributed by atoms with Crippen LogP contribution in [0.3, 0.4) is 0 Å². The van der Waals surface area contributed by atoms with E-state index in [2.05, 4.69) is 6.08 Å². The van der Waals surface area contributed by atoms with Gasteiger partial charge < -0.3 is 9.84 Å². The van der Waals surface area contributed by atoms with Crippen LogP contribution < -0.4 is 4.74 Å². The molecule has 0 bridgehead atoms. The molecule has 0 spiro atoms. The average Bonchev–Trinajstić information content (AvgIpc) is 2.84. The van der Waals surface area contributed by atoms with Crippen LogP contribution in [0.2, 0.25) is 0 Å². The van der Waals surface area contributed by atoms with Crippen LogP contribution in [0.1, 0.15) is 75.8 Å². The second-order valence-electron chi connectivity index (χ2n) is 9.65. The summed E-state index contributed by atoms with van der Waals surface area (Å²) in [4.78, 5) is 52.3. The number of hydrogen-bond acceptors (Lipinski definition) is 6. The monoisotopic (exact) mass is 480 g/mol. The highest BCUT2D eigenvalue weighted by Gasteiger charge is 2.41. The van der Waals surface area contributed by atoms with Crippen molar-refractivity contribution in [3.63, 3.8) is 0 Å². The topological polar surface area (TPSA) is 97.7 Å². The van der Waals surface area contributed by atoms with Crippen LogP contribution in [0.25, 0.3) is 11.8 Å². The number of ether oxygens (including phenoxy) is 1. The molecule has 6 heteroatoms. The first-order valence-corrected chi connectivity index (χ1v) is 11.7. The Kier molecular flexibility index (Phi) is 5.47. The van der Waals surface area contributed by atoms with Gasteiger partial charge in [0.2, 0.25) is 11.6 Å². The lowest BCUT2D eigenvalue weighted by atomic mass is 9.77. The molecule has 0 radical (unpaired) electrons. The van der Waals surface area contributed by atoms with E-state index >= 15 is 0 Å². The van der Waals surface area contributed by atoms with Crippen LogP contribution >= 0.6 is 0 Å². The number of benzene rings is 2. The Hall–Kier alpha value is -4.32. The maximum absolute atomic E-state index is 13.3. The van der Waals surface area contributed by atoms with Crippen LogP contribution in [0, 0.1) is 0 Å². The number of Topliss-reactive ketones (excluding diaryl/α,β-unsaturated/α-hetero) is 3. The second kappa shape index (κ2) is 8.41. The van der Waals surface area contributed by atoms with Crippen LogP contribution in [-0.2, 0) is 4.79 Å². The SMILES string of the molecule is CC(C)=CCC[C@]1(C)C=Cc2c(ccc3c2C(=O)C(=O)C(C2=CC(=O)c4ccccc4C2=O)=C3O)O1. The second-order valence-corrected chi connectivity index (χ2v) is 9.65. The molecule has 0 saturated carbocycles. The third-order valence-corrected chi connectivity index (χ3v) is 6.72. The van der Waals surface area contributed by atoms with Gasteiger partial charge >= 0.3 is 0 Å². The molecule has 2 aromatic rings. The molecule has 0 saturated heterocycles. The first kappa shape index (κ1) is 23.4. The average molecular weight is 481 g/mol. The summed E-state index contributed by atoms with van der Waals surface area (Å²) in [7, 11) is 0. The van der Waals surface area contributed by atoms with Gasteiger partial charge in [0.15, 0.2) is 11.6 Å². The minimum atomic E-state index is -1.04. The zero-order chi connectivity index (χ0) is 25.8. The molecular formula is C30H24O6. The highest BCUT2D eigenvalue weighted by Crippen LogP contribution is 2.42. The first-order valence-electron chi connectivity index (χ1n) is 11.7. The van der Waals surface area contributed by atoms with Crippen molar-refractivity contribution < 1.29 is 29.0 Å². The lowest BCUT2D eigenvalue weighted by Gasteiger charge is -2.33. The number of rotatable bonds is 4. The molecule has 0 aromatic heterocycles. The van der Waals surface area contributed by atoms with E-state index in [0.717, 1.165) is 18.9 Å². The molecule has 2 aliphatic carbocycles. The molecule has 36 heavy (non-hydrogen) atoms. The Bertz CT molecular complexity index is 1510. The molecule has 6 nitrogen and oxygen atoms in total. The molecule has 1 N–H and O–H groups in total. The molecule has 0 unspecified atom stereocenters. The number of aliphatic hydroxyl groups is 1. The third kappa shape index (κ3) is 3.66. The smallest absolute Gasteiger partial charge is 0.238 e. The maximum Gasteiger partial charge on any atom is 0.238 e. The van der Waals surface area contributed by atoms with Gasteiger partial charge in [-0.15, -0.1) is 0 Å². The van der Waals surface area contributed by atoms with Crippen LogP contribution in [0.5, 0.6) is 5.75 Å². The number of allylic oxidation sites excluding steroid dienone is 5. The summed E-state index contributed by atoms with van der Waals surface area (Å²) in [6.45, 7) is 6.01. The number of fused-ring (bicyclic) bond motifs is 4. The number of hydrogen-bond donors (Lipinski definition) is 1. The molecule has 1 aliphatic heterocycles. The van der Waals surface area contributed by atoms with Crippen LogP contribution in [0.15, 0.2) is 71.3 Å². The van der Waals surface area contributed by atoms with E-state index in [0.29, 0.717) is 11.3 Å². The Morgan fingerprint density at radius 3 is 2.39 bits per heavy atom. The summed E-state index contributed by atoms with van der Waals surface area (Å²) in [5.74, 6) is -3.04. The number of carbonyl (C=O) groups excluding carboxylic acids is 4. The number of aliphatic hydroxyl groups excluding tert-OH is 1. The minimum Gasteiger partial charge on any atom is -0.506 e. The van der Waals surface area contributed by atoms with Crippen LogP contribution in [0.4, 0.5) is 0 Å². The lowest BCUT2D eigenvalue weighted by molar-refractivity contribution is -0.111. The largest absolute Gasteiger partial charge is 0.506 e. The van der Waals surface area contributed by atoms with Gasteiger partial charge in [-0.2, -0.15) is 0 Å². The summed E-state index contributed by atoms with van der Waals surface area (Å²) in [5, 5.41) is 11.1. The van der Waals surface area contributed by atoms with E-state index in [1.165, 1.54) is 23.8 Å². The lowest BCUT2D eigenvalue weighted by Crippen LogP contribution is -2.34. The summed E-state index contributed by atoms with van der Waals surface area (Å²) >= 11 is 0. The predicted octanol–water partition coefficient (Wildman–Crippen LogP) is 5.64. The van der Waals surface area contributed by atoms with Crippen molar-refractivity contribution in [1.82, 2.24) is 0 Å². The van der Waals surface area contributed by atoms with Crippen molar-refractivity contribution in [3.05, 3.63) is 99.2 Å². The molecule has 3 aliphatic rings. The summed E-state index contributed by atoms with van der Waals surface area (Å²) in [5.41, 5.74) is 0.778. The molecule has 2 aromatic carbocycles. The fourth-order valence-corrected chi connectivity index (χ4v) is 4.84. The first-order chi connectivity index (χ1) is 17.1. The van der Waals surface area contributed by atoms with E-state index in [-0.39, 0.29) is 27.8 Å². The van der Waals surface area contributed by atoms with Gasteiger partial charge in [0, 0.05) is 33.4 Å².